The molecule has 2 N–H and O–H groups in total. The van der Waals surface area contributed by atoms with Gasteiger partial charge in [0.25, 0.3) is 0 Å². The summed E-state index contributed by atoms with van der Waals surface area (Å²) in [4.78, 5) is 31.4. The van der Waals surface area contributed by atoms with Crippen molar-refractivity contribution in [1.82, 2.24) is 30.1 Å². The van der Waals surface area contributed by atoms with Crippen LogP contribution >= 0.6 is 0 Å². The molecule has 0 bridgehead atoms. The largest absolute Gasteiger partial charge is 0.473 e. The zero-order chi connectivity index (χ0) is 23.7. The van der Waals surface area contributed by atoms with Gasteiger partial charge in [-0.2, -0.15) is 9.97 Å². The topological polar surface area (TPSA) is 159 Å². The molecule has 0 amide bonds. The number of hydrogen-bond donors (Lipinski definition) is 2. The molecule has 0 saturated carbocycles. The molecule has 0 spiro atoms. The maximum atomic E-state index is 9.10. The van der Waals surface area contributed by atoms with Gasteiger partial charge < -0.3 is 29.1 Å². The number of hydrogen-bond acceptors (Lipinski definition) is 10. The van der Waals surface area contributed by atoms with Crippen LogP contribution in [0.3, 0.4) is 0 Å². The van der Waals surface area contributed by atoms with Crippen molar-refractivity contribution in [3.05, 3.63) is 23.4 Å². The lowest BCUT2D eigenvalue weighted by molar-refractivity contribution is -0.159. The number of likely N-dealkylation sites (tertiary alicyclic amines) is 2. The highest BCUT2D eigenvalue weighted by Crippen LogP contribution is 2.25. The second kappa shape index (κ2) is 12.2. The number of aliphatic carboxylic acids is 2. The molecule has 2 aliphatic rings. The van der Waals surface area contributed by atoms with E-state index < -0.39 is 11.9 Å². The minimum atomic E-state index is -1.82. The van der Waals surface area contributed by atoms with E-state index in [1.165, 1.54) is 38.8 Å². The molecule has 32 heavy (non-hydrogen) atoms. The van der Waals surface area contributed by atoms with Crippen molar-refractivity contribution in [3.63, 3.8) is 0 Å². The molecule has 2 unspecified atom stereocenters. The third kappa shape index (κ3) is 8.35. The third-order valence-corrected chi connectivity index (χ3v) is 5.22. The molecular weight excluding hydrogens is 420 g/mol. The smallest absolute Gasteiger partial charge is 0.414 e. The van der Waals surface area contributed by atoms with Crippen LogP contribution in [0.5, 0.6) is 0 Å². The van der Waals surface area contributed by atoms with Gasteiger partial charge in [0.1, 0.15) is 0 Å². The number of carboxylic acid groups (broad SMARTS) is 2. The van der Waals surface area contributed by atoms with Gasteiger partial charge in [-0.05, 0) is 66.7 Å². The Morgan fingerprint density at radius 1 is 0.812 bits per heavy atom. The first kappa shape index (κ1) is 25.4. The van der Waals surface area contributed by atoms with Gasteiger partial charge >= 0.3 is 11.9 Å². The summed E-state index contributed by atoms with van der Waals surface area (Å²) in [5.41, 5.74) is 0. The Labute approximate surface area is 186 Å². The first-order chi connectivity index (χ1) is 15.2. The molecule has 0 radical (unpaired) electrons. The van der Waals surface area contributed by atoms with Crippen molar-refractivity contribution in [3.8, 4) is 0 Å². The molecule has 2 fully saturated rings. The second-order valence-electron chi connectivity index (χ2n) is 8.17. The van der Waals surface area contributed by atoms with Gasteiger partial charge in [0.05, 0.1) is 11.8 Å². The first-order valence-electron chi connectivity index (χ1n) is 10.6. The maximum Gasteiger partial charge on any atom is 0.414 e. The number of carbonyl (C=O) groups is 2. The molecule has 0 aromatic carbocycles. The molecule has 2 aromatic rings. The van der Waals surface area contributed by atoms with E-state index in [9.17, 15) is 0 Å². The number of rotatable bonds is 2. The van der Waals surface area contributed by atoms with Crippen LogP contribution in [0.4, 0.5) is 0 Å². The second-order valence-corrected chi connectivity index (χ2v) is 8.17. The SMILES string of the molecule is Cc1noc(C2CCCN(C)C2)n1.Cc1noc(C2CCCN(C)C2)n1.O=C(O)C(=O)O. The fourth-order valence-corrected chi connectivity index (χ4v) is 3.69. The number of nitrogens with zero attached hydrogens (tertiary/aromatic N) is 6. The maximum absolute atomic E-state index is 9.10. The van der Waals surface area contributed by atoms with Gasteiger partial charge in [0, 0.05) is 13.1 Å². The molecule has 2 atom stereocenters. The Kier molecular flexibility index (Phi) is 9.72. The predicted molar refractivity (Wildman–Crippen MR) is 112 cm³/mol. The monoisotopic (exact) mass is 452 g/mol. The van der Waals surface area contributed by atoms with Crippen molar-refractivity contribution in [2.45, 2.75) is 51.4 Å². The van der Waals surface area contributed by atoms with Gasteiger partial charge in [-0.3, -0.25) is 0 Å². The van der Waals surface area contributed by atoms with E-state index in [2.05, 4.69) is 44.2 Å². The number of aryl methyl sites for hydroxylation is 2. The molecule has 2 aliphatic heterocycles. The summed E-state index contributed by atoms with van der Waals surface area (Å²) in [6, 6.07) is 0. The summed E-state index contributed by atoms with van der Waals surface area (Å²) in [6.07, 6.45) is 4.79. The Balaban J connectivity index is 0.000000183. The van der Waals surface area contributed by atoms with Crippen molar-refractivity contribution >= 4 is 11.9 Å². The normalized spacial score (nSPS) is 21.6. The molecular formula is C20H32N6O6. The standard InChI is InChI=1S/2C9H15N3O.C2H2O4/c2*1-7-10-9(13-11-7)8-4-3-5-12(2)6-8;3-1(4)2(5)6/h2*8H,3-6H2,1-2H3;(H,3,4)(H,5,6). The zero-order valence-electron chi connectivity index (χ0n) is 19.0. The van der Waals surface area contributed by atoms with E-state index in [1.54, 1.807) is 0 Å². The summed E-state index contributed by atoms with van der Waals surface area (Å²) in [5, 5.41) is 22.4. The molecule has 12 heteroatoms. The fourth-order valence-electron chi connectivity index (χ4n) is 3.69. The Morgan fingerprint density at radius 2 is 1.19 bits per heavy atom. The summed E-state index contributed by atoms with van der Waals surface area (Å²) in [6.45, 7) is 8.18. The first-order valence-corrected chi connectivity index (χ1v) is 10.6. The summed E-state index contributed by atoms with van der Waals surface area (Å²) >= 11 is 0. The van der Waals surface area contributed by atoms with Crippen LogP contribution in [0.15, 0.2) is 9.05 Å². The van der Waals surface area contributed by atoms with E-state index in [0.29, 0.717) is 11.8 Å². The zero-order valence-corrected chi connectivity index (χ0v) is 19.0. The lowest BCUT2D eigenvalue weighted by atomic mass is 9.98. The molecule has 2 saturated heterocycles. The van der Waals surface area contributed by atoms with Crippen molar-refractivity contribution < 1.29 is 28.8 Å². The number of carboxylic acids is 2. The van der Waals surface area contributed by atoms with Crippen LogP contribution in [0, 0.1) is 13.8 Å². The number of piperidine rings is 2. The fraction of sp³-hybridized carbons (Fsp3) is 0.700. The van der Waals surface area contributed by atoms with Gasteiger partial charge in [0.15, 0.2) is 11.6 Å². The third-order valence-electron chi connectivity index (χ3n) is 5.22. The van der Waals surface area contributed by atoms with E-state index >= 15 is 0 Å². The highest BCUT2D eigenvalue weighted by atomic mass is 16.5. The molecule has 2 aromatic heterocycles. The minimum Gasteiger partial charge on any atom is -0.473 e. The molecule has 4 heterocycles. The van der Waals surface area contributed by atoms with Gasteiger partial charge in [0.2, 0.25) is 11.8 Å². The molecule has 178 valence electrons. The summed E-state index contributed by atoms with van der Waals surface area (Å²) < 4.78 is 10.3. The van der Waals surface area contributed by atoms with Crippen LogP contribution in [-0.4, -0.2) is 92.5 Å². The average molecular weight is 453 g/mol. The molecule has 4 rings (SSSR count). The number of aromatic nitrogens is 4. The molecule has 12 nitrogen and oxygen atoms in total. The van der Waals surface area contributed by atoms with E-state index in [4.69, 9.17) is 28.8 Å². The molecule has 0 aliphatic carbocycles. The lowest BCUT2D eigenvalue weighted by Gasteiger charge is -2.27. The number of likely N-dealkylation sites (N-methyl/N-ethyl adjacent to an activating group) is 2. The van der Waals surface area contributed by atoms with E-state index in [0.717, 1.165) is 36.5 Å². The highest BCUT2D eigenvalue weighted by molar-refractivity contribution is 6.27. The van der Waals surface area contributed by atoms with E-state index in [-0.39, 0.29) is 0 Å². The Bertz CT molecular complexity index is 798. The Hall–Kier alpha value is -2.86. The van der Waals surface area contributed by atoms with Gasteiger partial charge in [-0.25, -0.2) is 9.59 Å². The van der Waals surface area contributed by atoms with Crippen LogP contribution in [0.2, 0.25) is 0 Å². The van der Waals surface area contributed by atoms with Crippen LogP contribution in [-0.2, 0) is 9.59 Å². The van der Waals surface area contributed by atoms with Crippen LogP contribution in [0.25, 0.3) is 0 Å². The minimum absolute atomic E-state index is 0.444. The van der Waals surface area contributed by atoms with Crippen LogP contribution in [0.1, 0.15) is 60.9 Å². The van der Waals surface area contributed by atoms with Gasteiger partial charge in [-0.1, -0.05) is 10.3 Å². The van der Waals surface area contributed by atoms with E-state index in [1.807, 2.05) is 13.8 Å². The Morgan fingerprint density at radius 3 is 1.44 bits per heavy atom. The highest BCUT2D eigenvalue weighted by Gasteiger charge is 2.24. The van der Waals surface area contributed by atoms with Crippen molar-refractivity contribution in [2.75, 3.05) is 40.3 Å². The van der Waals surface area contributed by atoms with Crippen LogP contribution < -0.4 is 0 Å². The average Bonchev–Trinajstić information content (AvgIpc) is 3.37. The predicted octanol–water partition coefficient (Wildman–Crippen LogP) is 1.53. The van der Waals surface area contributed by atoms with Crippen molar-refractivity contribution in [1.29, 1.82) is 0 Å². The van der Waals surface area contributed by atoms with Gasteiger partial charge in [-0.15, -0.1) is 0 Å². The van der Waals surface area contributed by atoms with Crippen molar-refractivity contribution in [2.24, 2.45) is 0 Å². The summed E-state index contributed by atoms with van der Waals surface area (Å²) in [5.74, 6) is 0.337. The summed E-state index contributed by atoms with van der Waals surface area (Å²) in [7, 11) is 4.27. The lowest BCUT2D eigenvalue weighted by Crippen LogP contribution is -2.30. The quantitative estimate of drug-likeness (QED) is 0.634.